The highest BCUT2D eigenvalue weighted by Gasteiger charge is 2.33. The van der Waals surface area contributed by atoms with Crippen LogP contribution in [0.2, 0.25) is 0 Å². The van der Waals surface area contributed by atoms with Crippen LogP contribution in [0.3, 0.4) is 0 Å². The molecule has 144 valence electrons. The number of nitrogens with one attached hydrogen (secondary N) is 1. The van der Waals surface area contributed by atoms with Crippen LogP contribution in [0, 0.1) is 11.8 Å². The van der Waals surface area contributed by atoms with Crippen molar-refractivity contribution in [1.82, 2.24) is 10.2 Å². The first-order valence-corrected chi connectivity index (χ1v) is 9.49. The van der Waals surface area contributed by atoms with E-state index < -0.39 is 5.60 Å². The summed E-state index contributed by atoms with van der Waals surface area (Å²) in [5.41, 5.74) is -0.503. The molecule has 0 bridgehead atoms. The van der Waals surface area contributed by atoms with E-state index in [-0.39, 0.29) is 24.0 Å². The largest absolute Gasteiger partial charge is 0.444 e. The first kappa shape index (κ1) is 20.0. The Morgan fingerprint density at radius 2 is 1.72 bits per heavy atom. The van der Waals surface area contributed by atoms with Gasteiger partial charge in [-0.05, 0) is 58.8 Å². The Kier molecular flexibility index (Phi) is 6.72. The zero-order valence-electron chi connectivity index (χ0n) is 16.3. The summed E-state index contributed by atoms with van der Waals surface area (Å²) in [4.78, 5) is 26.7. The predicted molar refractivity (Wildman–Crippen MR) is 96.3 cm³/mol. The standard InChI is InChI=1S/C19H34N2O4/c1-13-10-15(12-21(11-13)18(23)25-19(2,3)4)20-17(22)14-6-8-16(24-5)9-7-14/h13-16H,6-12H2,1-5H3,(H,20,22)/t13-,14?,15+,16?/m0/s1. The number of methoxy groups -OCH3 is 1. The molecule has 1 saturated carbocycles. The first-order chi connectivity index (χ1) is 11.7. The lowest BCUT2D eigenvalue weighted by molar-refractivity contribution is -0.128. The smallest absolute Gasteiger partial charge is 0.410 e. The molecule has 0 unspecified atom stereocenters. The van der Waals surface area contributed by atoms with Gasteiger partial charge in [0.25, 0.3) is 0 Å². The zero-order chi connectivity index (χ0) is 18.6. The summed E-state index contributed by atoms with van der Waals surface area (Å²) >= 11 is 0. The van der Waals surface area contributed by atoms with Crippen molar-refractivity contribution in [1.29, 1.82) is 0 Å². The van der Waals surface area contributed by atoms with Crippen molar-refractivity contribution in [3.05, 3.63) is 0 Å². The molecule has 0 aromatic carbocycles. The van der Waals surface area contributed by atoms with Crippen molar-refractivity contribution in [3.8, 4) is 0 Å². The van der Waals surface area contributed by atoms with Crippen molar-refractivity contribution in [2.45, 2.75) is 77.5 Å². The molecule has 6 heteroatoms. The molecule has 1 aliphatic heterocycles. The van der Waals surface area contributed by atoms with Crippen LogP contribution in [0.5, 0.6) is 0 Å². The lowest BCUT2D eigenvalue weighted by Crippen LogP contribution is -2.54. The van der Waals surface area contributed by atoms with E-state index in [9.17, 15) is 9.59 Å². The van der Waals surface area contributed by atoms with Gasteiger partial charge in [-0.3, -0.25) is 4.79 Å². The summed E-state index contributed by atoms with van der Waals surface area (Å²) in [7, 11) is 1.74. The Labute approximate surface area is 151 Å². The van der Waals surface area contributed by atoms with Crippen molar-refractivity contribution < 1.29 is 19.1 Å². The average molecular weight is 354 g/mol. The molecule has 2 rings (SSSR count). The van der Waals surface area contributed by atoms with Gasteiger partial charge in [0, 0.05) is 32.2 Å². The Morgan fingerprint density at radius 1 is 1.08 bits per heavy atom. The zero-order valence-corrected chi connectivity index (χ0v) is 16.3. The number of hydrogen-bond acceptors (Lipinski definition) is 4. The molecule has 0 radical (unpaired) electrons. The molecule has 6 nitrogen and oxygen atoms in total. The van der Waals surface area contributed by atoms with Gasteiger partial charge in [-0.15, -0.1) is 0 Å². The van der Waals surface area contributed by atoms with Gasteiger partial charge in [0.15, 0.2) is 0 Å². The molecular weight excluding hydrogens is 320 g/mol. The Balaban J connectivity index is 1.86. The summed E-state index contributed by atoms with van der Waals surface area (Å²) in [6.07, 6.45) is 4.54. The number of carbonyl (C=O) groups excluding carboxylic acids is 2. The van der Waals surface area contributed by atoms with E-state index in [1.165, 1.54) is 0 Å². The van der Waals surface area contributed by atoms with E-state index in [0.29, 0.717) is 25.1 Å². The third kappa shape index (κ3) is 6.17. The first-order valence-electron chi connectivity index (χ1n) is 9.49. The molecule has 1 heterocycles. The predicted octanol–water partition coefficient (Wildman–Crippen LogP) is 2.95. The number of ether oxygens (including phenoxy) is 2. The second-order valence-corrected chi connectivity index (χ2v) is 8.64. The van der Waals surface area contributed by atoms with Gasteiger partial charge in [0.1, 0.15) is 5.60 Å². The number of nitrogens with zero attached hydrogens (tertiary/aromatic N) is 1. The van der Waals surface area contributed by atoms with Crippen LogP contribution in [0.1, 0.15) is 59.8 Å². The fourth-order valence-electron chi connectivity index (χ4n) is 3.81. The Hall–Kier alpha value is -1.30. The third-order valence-electron chi connectivity index (χ3n) is 5.04. The molecule has 2 atom stereocenters. The minimum atomic E-state index is -0.503. The van der Waals surface area contributed by atoms with Crippen molar-refractivity contribution in [3.63, 3.8) is 0 Å². The van der Waals surface area contributed by atoms with Crippen LogP contribution in [0.4, 0.5) is 4.79 Å². The fraction of sp³-hybridized carbons (Fsp3) is 0.895. The third-order valence-corrected chi connectivity index (χ3v) is 5.04. The number of piperidine rings is 1. The lowest BCUT2D eigenvalue weighted by atomic mass is 9.86. The molecule has 0 aromatic heterocycles. The number of carbonyl (C=O) groups is 2. The minimum absolute atomic E-state index is 0.00363. The minimum Gasteiger partial charge on any atom is -0.444 e. The van der Waals surface area contributed by atoms with Gasteiger partial charge in [0.2, 0.25) is 5.91 Å². The van der Waals surface area contributed by atoms with Crippen LogP contribution >= 0.6 is 0 Å². The van der Waals surface area contributed by atoms with Gasteiger partial charge < -0.3 is 19.7 Å². The maximum Gasteiger partial charge on any atom is 0.410 e. The van der Waals surface area contributed by atoms with E-state index in [4.69, 9.17) is 9.47 Å². The second-order valence-electron chi connectivity index (χ2n) is 8.64. The van der Waals surface area contributed by atoms with Gasteiger partial charge in [0.05, 0.1) is 6.10 Å². The highest BCUT2D eigenvalue weighted by atomic mass is 16.6. The Bertz CT molecular complexity index is 467. The second kappa shape index (κ2) is 8.39. The van der Waals surface area contributed by atoms with Crippen molar-refractivity contribution >= 4 is 12.0 Å². The fourth-order valence-corrected chi connectivity index (χ4v) is 3.81. The number of rotatable bonds is 3. The van der Waals surface area contributed by atoms with E-state index >= 15 is 0 Å². The molecule has 1 aliphatic carbocycles. The maximum atomic E-state index is 12.6. The molecule has 0 aromatic rings. The Morgan fingerprint density at radius 3 is 2.28 bits per heavy atom. The summed E-state index contributed by atoms with van der Waals surface area (Å²) in [5.74, 6) is 0.534. The van der Waals surface area contributed by atoms with Gasteiger partial charge in [-0.2, -0.15) is 0 Å². The lowest BCUT2D eigenvalue weighted by Gasteiger charge is -2.38. The number of amides is 2. The molecule has 1 N–H and O–H groups in total. The van der Waals surface area contributed by atoms with Crippen LogP contribution < -0.4 is 5.32 Å². The van der Waals surface area contributed by atoms with Crippen LogP contribution in [0.15, 0.2) is 0 Å². The van der Waals surface area contributed by atoms with Crippen molar-refractivity contribution in [2.24, 2.45) is 11.8 Å². The van der Waals surface area contributed by atoms with E-state index in [2.05, 4.69) is 12.2 Å². The summed E-state index contributed by atoms with van der Waals surface area (Å²) in [6.45, 7) is 8.92. The summed E-state index contributed by atoms with van der Waals surface area (Å²) in [5, 5.41) is 3.17. The number of likely N-dealkylation sites (tertiary alicyclic amines) is 1. The maximum absolute atomic E-state index is 12.6. The normalized spacial score (nSPS) is 30.7. The molecule has 0 spiro atoms. The highest BCUT2D eigenvalue weighted by molar-refractivity contribution is 5.79. The molecule has 2 fully saturated rings. The average Bonchev–Trinajstić information content (AvgIpc) is 2.52. The monoisotopic (exact) mass is 354 g/mol. The molecule has 25 heavy (non-hydrogen) atoms. The number of hydrogen-bond donors (Lipinski definition) is 1. The van der Waals surface area contributed by atoms with Crippen molar-refractivity contribution in [2.75, 3.05) is 20.2 Å². The van der Waals surface area contributed by atoms with Gasteiger partial charge >= 0.3 is 6.09 Å². The quantitative estimate of drug-likeness (QED) is 0.846. The SMILES string of the molecule is COC1CCC(C(=O)N[C@@H]2C[C@H](C)CN(C(=O)OC(C)(C)C)C2)CC1. The molecular formula is C19H34N2O4. The summed E-state index contributed by atoms with van der Waals surface area (Å²) < 4.78 is 10.9. The molecule has 2 aliphatic rings. The van der Waals surface area contributed by atoms with Crippen LogP contribution in [-0.2, 0) is 14.3 Å². The van der Waals surface area contributed by atoms with Crippen LogP contribution in [0.25, 0.3) is 0 Å². The van der Waals surface area contributed by atoms with Crippen LogP contribution in [-0.4, -0.2) is 54.8 Å². The van der Waals surface area contributed by atoms with E-state index in [1.54, 1.807) is 12.0 Å². The van der Waals surface area contributed by atoms with Gasteiger partial charge in [-0.1, -0.05) is 6.92 Å². The van der Waals surface area contributed by atoms with E-state index in [0.717, 1.165) is 32.1 Å². The summed E-state index contributed by atoms with van der Waals surface area (Å²) in [6, 6.07) is 0.00363. The highest BCUT2D eigenvalue weighted by Crippen LogP contribution is 2.27. The topological polar surface area (TPSA) is 67.9 Å². The molecule has 1 saturated heterocycles. The van der Waals surface area contributed by atoms with E-state index in [1.807, 2.05) is 20.8 Å². The molecule has 2 amide bonds. The van der Waals surface area contributed by atoms with Gasteiger partial charge in [-0.25, -0.2) is 4.79 Å².